The van der Waals surface area contributed by atoms with E-state index in [1.54, 1.807) is 29.2 Å². The van der Waals surface area contributed by atoms with Gasteiger partial charge in [0.05, 0.1) is 6.54 Å². The summed E-state index contributed by atoms with van der Waals surface area (Å²) in [6.07, 6.45) is 5.03. The maximum Gasteiger partial charge on any atom is 0.321 e. The van der Waals surface area contributed by atoms with Crippen molar-refractivity contribution in [1.29, 1.82) is 0 Å². The van der Waals surface area contributed by atoms with Crippen molar-refractivity contribution in [3.63, 3.8) is 0 Å². The first-order valence-corrected chi connectivity index (χ1v) is 8.48. The Balaban J connectivity index is 1.38. The standard InChI is InChI=1S/C18H19N5O2/c24-17(21-11-16-20-10-13-2-1-3-15(13)22-16)12-4-6-14(7-5-12)23-9-8-19-18(23)25/h4-7,10H,1-3,8-9,11H2,(H,19,25)(H,21,24). The van der Waals surface area contributed by atoms with Crippen LogP contribution in [-0.2, 0) is 19.4 Å². The number of carbonyl (C=O) groups is 2. The Kier molecular flexibility index (Phi) is 4.05. The molecule has 0 saturated carbocycles. The van der Waals surface area contributed by atoms with Crippen LogP contribution in [0.1, 0.15) is 33.9 Å². The van der Waals surface area contributed by atoms with Gasteiger partial charge in [0.15, 0.2) is 0 Å². The predicted molar refractivity (Wildman–Crippen MR) is 92.4 cm³/mol. The quantitative estimate of drug-likeness (QED) is 0.883. The second-order valence-corrected chi connectivity index (χ2v) is 6.22. The zero-order valence-electron chi connectivity index (χ0n) is 13.8. The van der Waals surface area contributed by atoms with Crippen LogP contribution in [0.15, 0.2) is 30.5 Å². The Morgan fingerprint density at radius 1 is 1.24 bits per heavy atom. The van der Waals surface area contributed by atoms with Crippen molar-refractivity contribution in [1.82, 2.24) is 20.6 Å². The van der Waals surface area contributed by atoms with E-state index < -0.39 is 0 Å². The number of aryl methyl sites for hydroxylation is 2. The average Bonchev–Trinajstić information content (AvgIpc) is 3.28. The van der Waals surface area contributed by atoms with Crippen LogP contribution in [0.3, 0.4) is 0 Å². The zero-order chi connectivity index (χ0) is 17.2. The lowest BCUT2D eigenvalue weighted by molar-refractivity contribution is 0.0950. The third-order valence-electron chi connectivity index (χ3n) is 4.57. The second kappa shape index (κ2) is 6.51. The molecule has 0 radical (unpaired) electrons. The SMILES string of the molecule is O=C(NCc1ncc2c(n1)CCC2)c1ccc(N2CCNC2=O)cc1. The molecule has 2 aromatic rings. The third kappa shape index (κ3) is 3.17. The summed E-state index contributed by atoms with van der Waals surface area (Å²) in [7, 11) is 0. The van der Waals surface area contributed by atoms with Gasteiger partial charge in [-0.15, -0.1) is 0 Å². The fraction of sp³-hybridized carbons (Fsp3) is 0.333. The summed E-state index contributed by atoms with van der Waals surface area (Å²) in [5, 5.41) is 5.60. The van der Waals surface area contributed by atoms with E-state index in [0.29, 0.717) is 31.0 Å². The monoisotopic (exact) mass is 337 g/mol. The highest BCUT2D eigenvalue weighted by molar-refractivity contribution is 5.96. The first kappa shape index (κ1) is 15.6. The molecule has 2 aliphatic rings. The molecule has 7 heteroatoms. The number of nitrogens with one attached hydrogen (secondary N) is 2. The van der Waals surface area contributed by atoms with Gasteiger partial charge in [-0.3, -0.25) is 9.69 Å². The number of fused-ring (bicyclic) bond motifs is 1. The third-order valence-corrected chi connectivity index (χ3v) is 4.57. The Morgan fingerprint density at radius 3 is 2.84 bits per heavy atom. The molecule has 1 aromatic carbocycles. The van der Waals surface area contributed by atoms with Gasteiger partial charge in [0, 0.05) is 36.2 Å². The Morgan fingerprint density at radius 2 is 2.08 bits per heavy atom. The van der Waals surface area contributed by atoms with E-state index in [0.717, 1.165) is 30.6 Å². The van der Waals surface area contributed by atoms with Gasteiger partial charge in [-0.1, -0.05) is 0 Å². The second-order valence-electron chi connectivity index (χ2n) is 6.22. The van der Waals surface area contributed by atoms with Gasteiger partial charge in [0.25, 0.3) is 5.91 Å². The summed E-state index contributed by atoms with van der Waals surface area (Å²) < 4.78 is 0. The highest BCUT2D eigenvalue weighted by Gasteiger charge is 2.21. The summed E-state index contributed by atoms with van der Waals surface area (Å²) in [6.45, 7) is 1.59. The molecule has 0 bridgehead atoms. The minimum absolute atomic E-state index is 0.106. The van der Waals surface area contributed by atoms with Crippen molar-refractivity contribution in [2.24, 2.45) is 0 Å². The van der Waals surface area contributed by atoms with Crippen LogP contribution < -0.4 is 15.5 Å². The van der Waals surface area contributed by atoms with Crippen molar-refractivity contribution in [2.45, 2.75) is 25.8 Å². The van der Waals surface area contributed by atoms with Crippen molar-refractivity contribution in [2.75, 3.05) is 18.0 Å². The number of rotatable bonds is 4. The summed E-state index contributed by atoms with van der Waals surface area (Å²) in [4.78, 5) is 34.4. The largest absolute Gasteiger partial charge is 0.345 e. The van der Waals surface area contributed by atoms with E-state index in [2.05, 4.69) is 20.6 Å². The lowest BCUT2D eigenvalue weighted by Crippen LogP contribution is -2.28. The number of hydrogen-bond donors (Lipinski definition) is 2. The van der Waals surface area contributed by atoms with E-state index in [9.17, 15) is 9.59 Å². The number of hydrogen-bond acceptors (Lipinski definition) is 4. The van der Waals surface area contributed by atoms with Crippen LogP contribution in [0.4, 0.5) is 10.5 Å². The molecule has 0 spiro atoms. The van der Waals surface area contributed by atoms with E-state index in [1.807, 2.05) is 6.20 Å². The van der Waals surface area contributed by atoms with Crippen LogP contribution >= 0.6 is 0 Å². The highest BCUT2D eigenvalue weighted by atomic mass is 16.2. The van der Waals surface area contributed by atoms with Crippen LogP contribution in [0.5, 0.6) is 0 Å². The van der Waals surface area contributed by atoms with Gasteiger partial charge >= 0.3 is 6.03 Å². The number of anilines is 1. The molecule has 128 valence electrons. The van der Waals surface area contributed by atoms with Crippen LogP contribution in [0.2, 0.25) is 0 Å². The Labute approximate surface area is 145 Å². The number of aromatic nitrogens is 2. The Hall–Kier alpha value is -2.96. The predicted octanol–water partition coefficient (Wildman–Crippen LogP) is 1.42. The van der Waals surface area contributed by atoms with Gasteiger partial charge in [-0.05, 0) is 49.1 Å². The topological polar surface area (TPSA) is 87.2 Å². The summed E-state index contributed by atoms with van der Waals surface area (Å²) in [6, 6.07) is 6.91. The van der Waals surface area contributed by atoms with E-state index in [1.165, 1.54) is 5.56 Å². The fourth-order valence-electron chi connectivity index (χ4n) is 3.21. The number of carbonyl (C=O) groups excluding carboxylic acids is 2. The number of amides is 3. The molecule has 1 aliphatic heterocycles. The zero-order valence-corrected chi connectivity index (χ0v) is 13.8. The van der Waals surface area contributed by atoms with Gasteiger partial charge in [-0.2, -0.15) is 0 Å². The number of benzene rings is 1. The first-order valence-electron chi connectivity index (χ1n) is 8.48. The summed E-state index contributed by atoms with van der Waals surface area (Å²) in [5.74, 6) is 0.459. The normalized spacial score (nSPS) is 15.8. The fourth-order valence-corrected chi connectivity index (χ4v) is 3.21. The van der Waals surface area contributed by atoms with Crippen LogP contribution in [-0.4, -0.2) is 35.0 Å². The maximum absolute atomic E-state index is 12.3. The molecular formula is C18H19N5O2. The molecule has 7 nitrogen and oxygen atoms in total. The Bertz CT molecular complexity index is 819. The molecule has 1 aromatic heterocycles. The summed E-state index contributed by atoms with van der Waals surface area (Å²) in [5.41, 5.74) is 3.65. The molecule has 2 heterocycles. The average molecular weight is 337 g/mol. The van der Waals surface area contributed by atoms with Crippen LogP contribution in [0, 0.1) is 0 Å². The molecule has 25 heavy (non-hydrogen) atoms. The van der Waals surface area contributed by atoms with Crippen LogP contribution in [0.25, 0.3) is 0 Å². The molecule has 1 aliphatic carbocycles. The molecule has 2 N–H and O–H groups in total. The molecule has 1 fully saturated rings. The lowest BCUT2D eigenvalue weighted by atomic mass is 10.2. The molecular weight excluding hydrogens is 318 g/mol. The summed E-state index contributed by atoms with van der Waals surface area (Å²) >= 11 is 0. The molecule has 0 atom stereocenters. The van der Waals surface area contributed by atoms with E-state index in [-0.39, 0.29) is 11.9 Å². The van der Waals surface area contributed by atoms with Crippen molar-refractivity contribution in [3.05, 3.63) is 53.1 Å². The van der Waals surface area contributed by atoms with Gasteiger partial charge < -0.3 is 10.6 Å². The molecule has 4 rings (SSSR count). The van der Waals surface area contributed by atoms with E-state index >= 15 is 0 Å². The van der Waals surface area contributed by atoms with E-state index in [4.69, 9.17) is 0 Å². The molecule has 0 unspecified atom stereocenters. The minimum Gasteiger partial charge on any atom is -0.345 e. The molecule has 3 amide bonds. The van der Waals surface area contributed by atoms with Gasteiger partial charge in [-0.25, -0.2) is 14.8 Å². The van der Waals surface area contributed by atoms with Gasteiger partial charge in [0.2, 0.25) is 0 Å². The van der Waals surface area contributed by atoms with Crippen molar-refractivity contribution < 1.29 is 9.59 Å². The lowest BCUT2D eigenvalue weighted by Gasteiger charge is -2.14. The van der Waals surface area contributed by atoms with Crippen molar-refractivity contribution in [3.8, 4) is 0 Å². The number of urea groups is 1. The first-order chi connectivity index (χ1) is 12.2. The highest BCUT2D eigenvalue weighted by Crippen LogP contribution is 2.19. The minimum atomic E-state index is -0.179. The maximum atomic E-state index is 12.3. The van der Waals surface area contributed by atoms with Gasteiger partial charge in [0.1, 0.15) is 5.82 Å². The smallest absolute Gasteiger partial charge is 0.321 e. The van der Waals surface area contributed by atoms with Crippen molar-refractivity contribution >= 4 is 17.6 Å². The number of nitrogens with zero attached hydrogens (tertiary/aromatic N) is 3. The molecule has 1 saturated heterocycles.